The Kier molecular flexibility index (Phi) is 6.70. The topological polar surface area (TPSA) is 44.4 Å². The summed E-state index contributed by atoms with van der Waals surface area (Å²) in [6.07, 6.45) is 3.94. The van der Waals surface area contributed by atoms with E-state index in [1.165, 1.54) is 18.4 Å². The van der Waals surface area contributed by atoms with Gasteiger partial charge in [0.05, 0.1) is 0 Å². The Labute approximate surface area is 127 Å². The highest BCUT2D eigenvalue weighted by Gasteiger charge is 2.18. The molecule has 21 heavy (non-hydrogen) atoms. The Morgan fingerprint density at radius 2 is 1.95 bits per heavy atom. The zero-order valence-electron chi connectivity index (χ0n) is 13.0. The van der Waals surface area contributed by atoms with Crippen molar-refractivity contribution in [3.63, 3.8) is 0 Å². The SMILES string of the molecule is CNC(=O)CCCNC1CCN(Cc2ccccc2)CC1. The van der Waals surface area contributed by atoms with Crippen LogP contribution in [0.2, 0.25) is 0 Å². The Bertz CT molecular complexity index is 413. The van der Waals surface area contributed by atoms with Crippen LogP contribution in [0.3, 0.4) is 0 Å². The van der Waals surface area contributed by atoms with Gasteiger partial charge in [-0.25, -0.2) is 0 Å². The normalized spacial score (nSPS) is 16.8. The first kappa shape index (κ1) is 16.0. The third-order valence-corrected chi connectivity index (χ3v) is 4.13. The number of carbonyl (C=O) groups is 1. The van der Waals surface area contributed by atoms with Crippen molar-refractivity contribution in [3.05, 3.63) is 35.9 Å². The molecule has 1 heterocycles. The number of nitrogens with zero attached hydrogens (tertiary/aromatic N) is 1. The Balaban J connectivity index is 1.59. The minimum absolute atomic E-state index is 0.134. The highest BCUT2D eigenvalue weighted by Crippen LogP contribution is 2.13. The molecule has 0 aromatic heterocycles. The molecule has 1 saturated heterocycles. The molecule has 1 fully saturated rings. The van der Waals surface area contributed by atoms with E-state index in [1.807, 2.05) is 0 Å². The van der Waals surface area contributed by atoms with Crippen molar-refractivity contribution in [2.45, 2.75) is 38.3 Å². The first-order chi connectivity index (χ1) is 10.3. The van der Waals surface area contributed by atoms with E-state index in [-0.39, 0.29) is 5.91 Å². The summed E-state index contributed by atoms with van der Waals surface area (Å²) in [5.41, 5.74) is 1.40. The maximum Gasteiger partial charge on any atom is 0.219 e. The average molecular weight is 289 g/mol. The second kappa shape index (κ2) is 8.80. The fourth-order valence-corrected chi connectivity index (χ4v) is 2.82. The maximum atomic E-state index is 11.1. The van der Waals surface area contributed by atoms with Gasteiger partial charge in [-0.05, 0) is 44.5 Å². The van der Waals surface area contributed by atoms with E-state index in [2.05, 4.69) is 45.9 Å². The molecule has 1 aromatic carbocycles. The van der Waals surface area contributed by atoms with E-state index in [9.17, 15) is 4.79 Å². The molecule has 2 rings (SSSR count). The summed E-state index contributed by atoms with van der Waals surface area (Å²) in [6, 6.07) is 11.3. The van der Waals surface area contributed by atoms with E-state index < -0.39 is 0 Å². The summed E-state index contributed by atoms with van der Waals surface area (Å²) in [4.78, 5) is 13.7. The van der Waals surface area contributed by atoms with E-state index in [0.717, 1.165) is 32.6 Å². The molecular formula is C17H27N3O. The monoisotopic (exact) mass is 289 g/mol. The lowest BCUT2D eigenvalue weighted by molar-refractivity contribution is -0.120. The molecule has 4 heteroatoms. The highest BCUT2D eigenvalue weighted by atomic mass is 16.1. The summed E-state index contributed by atoms with van der Waals surface area (Å²) in [7, 11) is 1.69. The number of amides is 1. The second-order valence-electron chi connectivity index (χ2n) is 5.77. The quantitative estimate of drug-likeness (QED) is 0.752. The van der Waals surface area contributed by atoms with E-state index in [0.29, 0.717) is 12.5 Å². The van der Waals surface area contributed by atoms with Crippen molar-refractivity contribution >= 4 is 5.91 Å². The Hall–Kier alpha value is -1.39. The van der Waals surface area contributed by atoms with Crippen molar-refractivity contribution in [3.8, 4) is 0 Å². The van der Waals surface area contributed by atoms with Crippen LogP contribution in [-0.4, -0.2) is 43.5 Å². The van der Waals surface area contributed by atoms with Gasteiger partial charge >= 0.3 is 0 Å². The van der Waals surface area contributed by atoms with E-state index >= 15 is 0 Å². The molecule has 2 N–H and O–H groups in total. The van der Waals surface area contributed by atoms with Gasteiger partial charge in [0.15, 0.2) is 0 Å². The van der Waals surface area contributed by atoms with Gasteiger partial charge in [0.1, 0.15) is 0 Å². The molecule has 0 radical (unpaired) electrons. The Morgan fingerprint density at radius 3 is 2.62 bits per heavy atom. The zero-order chi connectivity index (χ0) is 14.9. The summed E-state index contributed by atoms with van der Waals surface area (Å²) in [6.45, 7) is 4.31. The van der Waals surface area contributed by atoms with Crippen LogP contribution in [0.4, 0.5) is 0 Å². The first-order valence-corrected chi connectivity index (χ1v) is 7.98. The molecule has 116 valence electrons. The van der Waals surface area contributed by atoms with Gasteiger partial charge in [-0.2, -0.15) is 0 Å². The van der Waals surface area contributed by atoms with Crippen LogP contribution in [0.1, 0.15) is 31.2 Å². The number of piperidine rings is 1. The predicted molar refractivity (Wildman–Crippen MR) is 86.0 cm³/mol. The van der Waals surface area contributed by atoms with Gasteiger partial charge < -0.3 is 10.6 Å². The summed E-state index contributed by atoms with van der Waals surface area (Å²) >= 11 is 0. The summed E-state index contributed by atoms with van der Waals surface area (Å²) in [5, 5.41) is 6.24. The molecule has 1 aromatic rings. The number of likely N-dealkylation sites (tertiary alicyclic amines) is 1. The van der Waals surface area contributed by atoms with Crippen molar-refractivity contribution in [1.82, 2.24) is 15.5 Å². The van der Waals surface area contributed by atoms with Crippen LogP contribution in [0.15, 0.2) is 30.3 Å². The van der Waals surface area contributed by atoms with Crippen LogP contribution in [0, 0.1) is 0 Å². The van der Waals surface area contributed by atoms with Gasteiger partial charge in [0, 0.05) is 26.1 Å². The standard InChI is InChI=1S/C17H27N3O/c1-18-17(21)8-5-11-19-16-9-12-20(13-10-16)14-15-6-3-2-4-7-15/h2-4,6-7,16,19H,5,8-14H2,1H3,(H,18,21). The molecule has 0 aliphatic carbocycles. The van der Waals surface area contributed by atoms with E-state index in [1.54, 1.807) is 7.05 Å². The summed E-state index contributed by atoms with van der Waals surface area (Å²) < 4.78 is 0. The minimum atomic E-state index is 0.134. The molecular weight excluding hydrogens is 262 g/mol. The van der Waals surface area contributed by atoms with Gasteiger partial charge in [-0.15, -0.1) is 0 Å². The zero-order valence-corrected chi connectivity index (χ0v) is 13.0. The molecule has 0 bridgehead atoms. The van der Waals surface area contributed by atoms with Gasteiger partial charge in [0.25, 0.3) is 0 Å². The largest absolute Gasteiger partial charge is 0.359 e. The van der Waals surface area contributed by atoms with E-state index in [4.69, 9.17) is 0 Å². The first-order valence-electron chi connectivity index (χ1n) is 7.98. The number of hydrogen-bond acceptors (Lipinski definition) is 3. The fourth-order valence-electron chi connectivity index (χ4n) is 2.82. The highest BCUT2D eigenvalue weighted by molar-refractivity contribution is 5.75. The fraction of sp³-hybridized carbons (Fsp3) is 0.588. The minimum Gasteiger partial charge on any atom is -0.359 e. The van der Waals surface area contributed by atoms with Crippen LogP contribution in [-0.2, 0) is 11.3 Å². The number of benzene rings is 1. The molecule has 4 nitrogen and oxygen atoms in total. The number of hydrogen-bond donors (Lipinski definition) is 2. The molecule has 0 atom stereocenters. The third-order valence-electron chi connectivity index (χ3n) is 4.13. The van der Waals surface area contributed by atoms with Gasteiger partial charge in [-0.1, -0.05) is 30.3 Å². The molecule has 0 spiro atoms. The molecule has 1 aliphatic rings. The third kappa shape index (κ3) is 5.86. The second-order valence-corrected chi connectivity index (χ2v) is 5.77. The smallest absolute Gasteiger partial charge is 0.219 e. The molecule has 1 amide bonds. The number of nitrogens with one attached hydrogen (secondary N) is 2. The van der Waals surface area contributed by atoms with Crippen molar-refractivity contribution < 1.29 is 4.79 Å². The van der Waals surface area contributed by atoms with Crippen molar-refractivity contribution in [2.75, 3.05) is 26.7 Å². The lowest BCUT2D eigenvalue weighted by Gasteiger charge is -2.32. The Morgan fingerprint density at radius 1 is 1.24 bits per heavy atom. The molecule has 0 unspecified atom stereocenters. The van der Waals surface area contributed by atoms with Crippen molar-refractivity contribution in [1.29, 1.82) is 0 Å². The van der Waals surface area contributed by atoms with Crippen LogP contribution in [0.5, 0.6) is 0 Å². The number of carbonyl (C=O) groups excluding carboxylic acids is 1. The lowest BCUT2D eigenvalue weighted by Crippen LogP contribution is -2.42. The van der Waals surface area contributed by atoms with Crippen molar-refractivity contribution in [2.24, 2.45) is 0 Å². The summed E-state index contributed by atoms with van der Waals surface area (Å²) in [5.74, 6) is 0.134. The van der Waals surface area contributed by atoms with Gasteiger partial charge in [0.2, 0.25) is 5.91 Å². The average Bonchev–Trinajstić information content (AvgIpc) is 2.54. The van der Waals surface area contributed by atoms with Crippen LogP contribution >= 0.6 is 0 Å². The van der Waals surface area contributed by atoms with Gasteiger partial charge in [-0.3, -0.25) is 9.69 Å². The predicted octanol–water partition coefficient (Wildman–Crippen LogP) is 1.77. The molecule has 1 aliphatic heterocycles. The molecule has 0 saturated carbocycles. The number of rotatable bonds is 7. The lowest BCUT2D eigenvalue weighted by atomic mass is 10.0. The maximum absolute atomic E-state index is 11.1. The van der Waals surface area contributed by atoms with Crippen LogP contribution in [0.25, 0.3) is 0 Å². The van der Waals surface area contributed by atoms with Crippen LogP contribution < -0.4 is 10.6 Å².